The number of sulfonamides is 1. The summed E-state index contributed by atoms with van der Waals surface area (Å²) in [7, 11) is -3.53. The monoisotopic (exact) mass is 351 g/mol. The van der Waals surface area contributed by atoms with Gasteiger partial charge in [-0.05, 0) is 42.6 Å². The minimum atomic E-state index is -3.53. The number of halogens is 2. The van der Waals surface area contributed by atoms with Crippen LogP contribution >= 0.6 is 23.2 Å². The third kappa shape index (κ3) is 4.10. The van der Waals surface area contributed by atoms with E-state index in [1.807, 2.05) is 0 Å². The Labute approximate surface area is 133 Å². The van der Waals surface area contributed by atoms with Crippen molar-refractivity contribution in [2.45, 2.75) is 24.2 Å². The maximum absolute atomic E-state index is 12.5. The fourth-order valence-electron chi connectivity index (χ4n) is 2.15. The SMILES string of the molecule is O=C(Cl)COc1ccc(S(=O)(=O)N2CCCCC2)cc1Cl. The van der Waals surface area contributed by atoms with E-state index in [-0.39, 0.29) is 22.3 Å². The molecule has 0 aliphatic carbocycles. The highest BCUT2D eigenvalue weighted by molar-refractivity contribution is 7.89. The Morgan fingerprint density at radius 2 is 1.90 bits per heavy atom. The molecule has 0 saturated carbocycles. The van der Waals surface area contributed by atoms with Crippen molar-refractivity contribution in [3.05, 3.63) is 23.2 Å². The van der Waals surface area contributed by atoms with E-state index in [0.717, 1.165) is 19.3 Å². The molecule has 0 amide bonds. The van der Waals surface area contributed by atoms with Crippen molar-refractivity contribution >= 4 is 38.5 Å². The van der Waals surface area contributed by atoms with Crippen LogP contribution in [-0.2, 0) is 14.8 Å². The van der Waals surface area contributed by atoms with E-state index in [9.17, 15) is 13.2 Å². The molecule has 0 bridgehead atoms. The van der Waals surface area contributed by atoms with E-state index in [2.05, 4.69) is 0 Å². The van der Waals surface area contributed by atoms with Crippen LogP contribution in [0.2, 0.25) is 5.02 Å². The second-order valence-electron chi connectivity index (χ2n) is 4.70. The van der Waals surface area contributed by atoms with Gasteiger partial charge in [0.25, 0.3) is 5.24 Å². The number of piperidine rings is 1. The molecule has 1 aliphatic rings. The molecule has 0 radical (unpaired) electrons. The largest absolute Gasteiger partial charge is 0.483 e. The van der Waals surface area contributed by atoms with Gasteiger partial charge in [0.1, 0.15) is 5.75 Å². The Morgan fingerprint density at radius 1 is 1.24 bits per heavy atom. The van der Waals surface area contributed by atoms with Gasteiger partial charge in [-0.1, -0.05) is 18.0 Å². The van der Waals surface area contributed by atoms with Crippen LogP contribution in [0, 0.1) is 0 Å². The molecule has 1 aromatic rings. The van der Waals surface area contributed by atoms with E-state index < -0.39 is 15.3 Å². The molecule has 1 saturated heterocycles. The van der Waals surface area contributed by atoms with Crippen molar-refractivity contribution in [3.8, 4) is 5.75 Å². The molecule has 116 valence electrons. The maximum atomic E-state index is 12.5. The molecule has 0 unspecified atom stereocenters. The average molecular weight is 352 g/mol. The van der Waals surface area contributed by atoms with Gasteiger partial charge >= 0.3 is 0 Å². The molecule has 0 aromatic heterocycles. The van der Waals surface area contributed by atoms with Crippen LogP contribution in [0.4, 0.5) is 0 Å². The molecular formula is C13H15Cl2NO4S. The molecule has 1 fully saturated rings. The molecule has 2 rings (SSSR count). The Morgan fingerprint density at radius 3 is 2.48 bits per heavy atom. The summed E-state index contributed by atoms with van der Waals surface area (Å²) in [5, 5.41) is -0.526. The zero-order valence-corrected chi connectivity index (χ0v) is 13.5. The van der Waals surface area contributed by atoms with Crippen LogP contribution < -0.4 is 4.74 Å². The molecule has 0 spiro atoms. The molecule has 0 atom stereocenters. The summed E-state index contributed by atoms with van der Waals surface area (Å²) in [6.07, 6.45) is 2.78. The Balaban J connectivity index is 2.20. The highest BCUT2D eigenvalue weighted by Gasteiger charge is 2.26. The lowest BCUT2D eigenvalue weighted by molar-refractivity contribution is -0.113. The van der Waals surface area contributed by atoms with E-state index in [0.29, 0.717) is 13.1 Å². The first-order valence-corrected chi connectivity index (χ1v) is 8.71. The van der Waals surface area contributed by atoms with Crippen molar-refractivity contribution < 1.29 is 17.9 Å². The van der Waals surface area contributed by atoms with E-state index in [4.69, 9.17) is 27.9 Å². The van der Waals surface area contributed by atoms with Crippen molar-refractivity contribution in [1.29, 1.82) is 0 Å². The number of benzene rings is 1. The molecule has 1 aromatic carbocycles. The Hall–Kier alpha value is -0.820. The molecule has 0 N–H and O–H groups in total. The van der Waals surface area contributed by atoms with Crippen LogP contribution in [0.25, 0.3) is 0 Å². The van der Waals surface area contributed by atoms with Gasteiger partial charge in [-0.15, -0.1) is 0 Å². The predicted octanol–water partition coefficient (Wildman–Crippen LogP) is 2.66. The van der Waals surface area contributed by atoms with Gasteiger partial charge in [0, 0.05) is 13.1 Å². The Kier molecular flexibility index (Phi) is 5.48. The van der Waals surface area contributed by atoms with Crippen molar-refractivity contribution in [2.24, 2.45) is 0 Å². The normalized spacial score (nSPS) is 16.7. The lowest BCUT2D eigenvalue weighted by Gasteiger charge is -2.26. The highest BCUT2D eigenvalue weighted by Crippen LogP contribution is 2.29. The van der Waals surface area contributed by atoms with Crippen molar-refractivity contribution in [3.63, 3.8) is 0 Å². The van der Waals surface area contributed by atoms with Gasteiger partial charge in [-0.25, -0.2) is 8.42 Å². The number of hydrogen-bond acceptors (Lipinski definition) is 4. The molecule has 1 heterocycles. The third-order valence-corrected chi connectivity index (χ3v) is 5.50. The molecular weight excluding hydrogens is 337 g/mol. The van der Waals surface area contributed by atoms with Gasteiger partial charge < -0.3 is 4.74 Å². The Bertz CT molecular complexity index is 627. The average Bonchev–Trinajstić information content (AvgIpc) is 2.46. The van der Waals surface area contributed by atoms with E-state index in [1.54, 1.807) is 0 Å². The zero-order valence-electron chi connectivity index (χ0n) is 11.2. The van der Waals surface area contributed by atoms with Gasteiger partial charge in [-0.2, -0.15) is 4.31 Å². The molecule has 21 heavy (non-hydrogen) atoms. The minimum absolute atomic E-state index is 0.124. The van der Waals surface area contributed by atoms with Gasteiger partial charge in [-0.3, -0.25) is 4.79 Å². The maximum Gasteiger partial charge on any atom is 0.259 e. The smallest absolute Gasteiger partial charge is 0.259 e. The summed E-state index contributed by atoms with van der Waals surface area (Å²) in [6.45, 7) is 0.734. The fraction of sp³-hybridized carbons (Fsp3) is 0.462. The second-order valence-corrected chi connectivity index (χ2v) is 7.47. The number of rotatable bonds is 5. The molecule has 8 heteroatoms. The summed E-state index contributed by atoms with van der Waals surface area (Å²) in [4.78, 5) is 10.8. The predicted molar refractivity (Wildman–Crippen MR) is 80.4 cm³/mol. The number of carbonyl (C=O) groups excluding carboxylic acids is 1. The van der Waals surface area contributed by atoms with Gasteiger partial charge in [0.05, 0.1) is 9.92 Å². The molecule has 1 aliphatic heterocycles. The first-order chi connectivity index (χ1) is 9.91. The van der Waals surface area contributed by atoms with E-state index >= 15 is 0 Å². The topological polar surface area (TPSA) is 63.7 Å². The number of carbonyl (C=O) groups is 1. The van der Waals surface area contributed by atoms with Crippen LogP contribution in [0.3, 0.4) is 0 Å². The quantitative estimate of drug-likeness (QED) is 0.765. The summed E-state index contributed by atoms with van der Waals surface area (Å²) in [6, 6.07) is 4.18. The lowest BCUT2D eigenvalue weighted by atomic mass is 10.2. The van der Waals surface area contributed by atoms with Crippen LogP contribution in [0.5, 0.6) is 5.75 Å². The molecule has 5 nitrogen and oxygen atoms in total. The second kappa shape index (κ2) is 6.96. The van der Waals surface area contributed by atoms with Crippen LogP contribution in [0.15, 0.2) is 23.1 Å². The first-order valence-electron chi connectivity index (χ1n) is 6.52. The fourth-order valence-corrected chi connectivity index (χ4v) is 4.05. The van der Waals surface area contributed by atoms with Gasteiger partial charge in [0.15, 0.2) is 6.61 Å². The number of nitrogens with zero attached hydrogens (tertiary/aromatic N) is 1. The third-order valence-electron chi connectivity index (χ3n) is 3.20. The minimum Gasteiger partial charge on any atom is -0.483 e. The summed E-state index contributed by atoms with van der Waals surface area (Å²) >= 11 is 11.2. The van der Waals surface area contributed by atoms with Gasteiger partial charge in [0.2, 0.25) is 10.0 Å². The number of hydrogen-bond donors (Lipinski definition) is 0. The highest BCUT2D eigenvalue weighted by atomic mass is 35.5. The lowest BCUT2D eigenvalue weighted by Crippen LogP contribution is -2.35. The summed E-state index contributed by atoms with van der Waals surface area (Å²) in [5.74, 6) is 0.225. The summed E-state index contributed by atoms with van der Waals surface area (Å²) in [5.41, 5.74) is 0. The standard InChI is InChI=1S/C13H15Cl2NO4S/c14-11-8-10(4-5-12(11)20-9-13(15)17)21(18,19)16-6-2-1-3-7-16/h4-5,8H,1-3,6-7,9H2. The van der Waals surface area contributed by atoms with Crippen molar-refractivity contribution in [1.82, 2.24) is 4.31 Å². The summed E-state index contributed by atoms with van der Waals surface area (Å²) < 4.78 is 31.5. The van der Waals surface area contributed by atoms with Crippen molar-refractivity contribution in [2.75, 3.05) is 19.7 Å². The van der Waals surface area contributed by atoms with Crippen LogP contribution in [0.1, 0.15) is 19.3 Å². The first kappa shape index (κ1) is 16.5. The zero-order chi connectivity index (χ0) is 15.5. The van der Waals surface area contributed by atoms with E-state index in [1.165, 1.54) is 22.5 Å². The number of ether oxygens (including phenoxy) is 1. The van der Waals surface area contributed by atoms with Crippen LogP contribution in [-0.4, -0.2) is 37.7 Å².